The minimum Gasteiger partial charge on any atom is -0.325 e. The van der Waals surface area contributed by atoms with E-state index in [0.717, 1.165) is 5.92 Å². The zero-order valence-corrected chi connectivity index (χ0v) is 8.84. The van der Waals surface area contributed by atoms with Crippen LogP contribution in [0, 0.1) is 5.92 Å². The lowest BCUT2D eigenvalue weighted by Crippen LogP contribution is -2.11. The molecule has 1 nitrogen and oxygen atoms in total. The van der Waals surface area contributed by atoms with Crippen molar-refractivity contribution in [3.63, 3.8) is 0 Å². The lowest BCUT2D eigenvalue weighted by molar-refractivity contribution is 0.434. The molecule has 0 bridgehead atoms. The van der Waals surface area contributed by atoms with Gasteiger partial charge in [0.1, 0.15) is 0 Å². The number of allylic oxidation sites excluding steroid dienone is 1. The predicted octanol–water partition coefficient (Wildman–Crippen LogP) is 3.25. The van der Waals surface area contributed by atoms with Gasteiger partial charge in [-0.3, -0.25) is 0 Å². The van der Waals surface area contributed by atoms with Crippen molar-refractivity contribution in [2.24, 2.45) is 11.7 Å². The second-order valence-electron chi connectivity index (χ2n) is 4.35. The summed E-state index contributed by atoms with van der Waals surface area (Å²) in [4.78, 5) is 0. The molecule has 0 aliphatic heterocycles. The maximum absolute atomic E-state index is 5.69. The van der Waals surface area contributed by atoms with Gasteiger partial charge in [0.05, 0.1) is 0 Å². The minimum absolute atomic E-state index is 0.227. The molecule has 1 aliphatic carbocycles. The third kappa shape index (κ3) is 5.09. The molecule has 76 valence electrons. The molecule has 0 radical (unpaired) electrons. The molecule has 0 saturated heterocycles. The van der Waals surface area contributed by atoms with Gasteiger partial charge in [-0.1, -0.05) is 44.3 Å². The standard InChI is InChI=1S/C12H23N/c1-11(13)9-10-12-7-5-3-2-4-6-8-12/h9-12H,2-8,13H2,1H3. The molecule has 0 aromatic heterocycles. The Morgan fingerprint density at radius 2 is 1.62 bits per heavy atom. The molecule has 2 N–H and O–H groups in total. The summed E-state index contributed by atoms with van der Waals surface area (Å²) < 4.78 is 0. The van der Waals surface area contributed by atoms with E-state index in [1.54, 1.807) is 0 Å². The Balaban J connectivity index is 2.29. The van der Waals surface area contributed by atoms with Crippen LogP contribution < -0.4 is 5.73 Å². The van der Waals surface area contributed by atoms with E-state index in [4.69, 9.17) is 5.73 Å². The normalized spacial score (nSPS) is 24.2. The highest BCUT2D eigenvalue weighted by atomic mass is 14.6. The van der Waals surface area contributed by atoms with Gasteiger partial charge in [-0.25, -0.2) is 0 Å². The molecule has 1 heteroatoms. The topological polar surface area (TPSA) is 26.0 Å². The Bertz CT molecular complexity index is 141. The van der Waals surface area contributed by atoms with Gasteiger partial charge in [0.15, 0.2) is 0 Å². The monoisotopic (exact) mass is 181 g/mol. The Labute approximate surface area is 82.4 Å². The average Bonchev–Trinajstić information content (AvgIpc) is 2.01. The van der Waals surface area contributed by atoms with Crippen molar-refractivity contribution >= 4 is 0 Å². The average molecular weight is 181 g/mol. The van der Waals surface area contributed by atoms with Gasteiger partial charge in [-0.05, 0) is 25.7 Å². The molecule has 13 heavy (non-hydrogen) atoms. The largest absolute Gasteiger partial charge is 0.325 e. The van der Waals surface area contributed by atoms with Crippen LogP contribution in [0.4, 0.5) is 0 Å². The summed E-state index contributed by atoms with van der Waals surface area (Å²) in [5.41, 5.74) is 5.69. The summed E-state index contributed by atoms with van der Waals surface area (Å²) in [6.07, 6.45) is 14.4. The summed E-state index contributed by atoms with van der Waals surface area (Å²) in [6, 6.07) is 0.227. The summed E-state index contributed by atoms with van der Waals surface area (Å²) >= 11 is 0. The molecule has 0 spiro atoms. The van der Waals surface area contributed by atoms with E-state index in [0.29, 0.717) is 0 Å². The first-order valence-electron chi connectivity index (χ1n) is 5.73. The van der Waals surface area contributed by atoms with Gasteiger partial charge >= 0.3 is 0 Å². The van der Waals surface area contributed by atoms with Gasteiger partial charge in [-0.2, -0.15) is 0 Å². The quantitative estimate of drug-likeness (QED) is 0.650. The first-order chi connectivity index (χ1) is 6.29. The molecule has 0 aromatic carbocycles. The van der Waals surface area contributed by atoms with Crippen molar-refractivity contribution in [2.75, 3.05) is 0 Å². The van der Waals surface area contributed by atoms with E-state index in [-0.39, 0.29) is 6.04 Å². The maximum Gasteiger partial charge on any atom is 0.0194 e. The van der Waals surface area contributed by atoms with Crippen LogP contribution in [0.3, 0.4) is 0 Å². The van der Waals surface area contributed by atoms with Crippen molar-refractivity contribution in [1.29, 1.82) is 0 Å². The van der Waals surface area contributed by atoms with Crippen molar-refractivity contribution in [3.05, 3.63) is 12.2 Å². The molecule has 1 saturated carbocycles. The fraction of sp³-hybridized carbons (Fsp3) is 0.833. The maximum atomic E-state index is 5.69. The number of hydrogen-bond donors (Lipinski definition) is 1. The molecular formula is C12H23N. The molecule has 0 amide bonds. The van der Waals surface area contributed by atoms with Crippen molar-refractivity contribution in [3.8, 4) is 0 Å². The smallest absolute Gasteiger partial charge is 0.0194 e. The fourth-order valence-electron chi connectivity index (χ4n) is 2.01. The van der Waals surface area contributed by atoms with Gasteiger partial charge in [0, 0.05) is 6.04 Å². The van der Waals surface area contributed by atoms with Crippen LogP contribution in [0.1, 0.15) is 51.9 Å². The molecule has 0 aromatic rings. The Morgan fingerprint density at radius 3 is 2.15 bits per heavy atom. The molecule has 1 atom stereocenters. The first-order valence-corrected chi connectivity index (χ1v) is 5.73. The molecular weight excluding hydrogens is 158 g/mol. The molecule has 1 aliphatic rings. The minimum atomic E-state index is 0.227. The molecule has 1 unspecified atom stereocenters. The Morgan fingerprint density at radius 1 is 1.08 bits per heavy atom. The molecule has 0 heterocycles. The van der Waals surface area contributed by atoms with E-state index < -0.39 is 0 Å². The van der Waals surface area contributed by atoms with E-state index in [9.17, 15) is 0 Å². The van der Waals surface area contributed by atoms with Crippen LogP contribution in [0.15, 0.2) is 12.2 Å². The van der Waals surface area contributed by atoms with Crippen LogP contribution in [-0.2, 0) is 0 Å². The highest BCUT2D eigenvalue weighted by Crippen LogP contribution is 2.23. The SMILES string of the molecule is CC(N)C=CC1CCCCCCC1. The first kappa shape index (κ1) is 10.8. The fourth-order valence-corrected chi connectivity index (χ4v) is 2.01. The van der Waals surface area contributed by atoms with E-state index in [1.165, 1.54) is 44.9 Å². The lowest BCUT2D eigenvalue weighted by Gasteiger charge is -2.16. The van der Waals surface area contributed by atoms with Gasteiger partial charge in [0.2, 0.25) is 0 Å². The number of rotatable bonds is 2. The lowest BCUT2D eigenvalue weighted by atomic mass is 9.90. The van der Waals surface area contributed by atoms with Crippen LogP contribution >= 0.6 is 0 Å². The van der Waals surface area contributed by atoms with Crippen LogP contribution in [0.2, 0.25) is 0 Å². The van der Waals surface area contributed by atoms with Crippen LogP contribution in [0.5, 0.6) is 0 Å². The van der Waals surface area contributed by atoms with Crippen molar-refractivity contribution < 1.29 is 0 Å². The zero-order valence-electron chi connectivity index (χ0n) is 8.84. The zero-order chi connectivity index (χ0) is 9.52. The van der Waals surface area contributed by atoms with Crippen LogP contribution in [0.25, 0.3) is 0 Å². The van der Waals surface area contributed by atoms with E-state index in [1.807, 2.05) is 6.92 Å². The van der Waals surface area contributed by atoms with Gasteiger partial charge < -0.3 is 5.73 Å². The Kier molecular flexibility index (Phi) is 5.14. The van der Waals surface area contributed by atoms with Gasteiger partial charge in [-0.15, -0.1) is 0 Å². The number of nitrogens with two attached hydrogens (primary N) is 1. The second kappa shape index (κ2) is 6.20. The third-order valence-electron chi connectivity index (χ3n) is 2.84. The summed E-state index contributed by atoms with van der Waals surface area (Å²) in [6.45, 7) is 2.04. The summed E-state index contributed by atoms with van der Waals surface area (Å²) in [5.74, 6) is 0.811. The molecule has 1 rings (SSSR count). The highest BCUT2D eigenvalue weighted by Gasteiger charge is 2.07. The summed E-state index contributed by atoms with van der Waals surface area (Å²) in [5, 5.41) is 0. The van der Waals surface area contributed by atoms with E-state index in [2.05, 4.69) is 12.2 Å². The number of hydrogen-bond acceptors (Lipinski definition) is 1. The predicted molar refractivity (Wildman–Crippen MR) is 58.6 cm³/mol. The third-order valence-corrected chi connectivity index (χ3v) is 2.84. The van der Waals surface area contributed by atoms with E-state index >= 15 is 0 Å². The van der Waals surface area contributed by atoms with Crippen molar-refractivity contribution in [2.45, 2.75) is 57.9 Å². The van der Waals surface area contributed by atoms with Crippen LogP contribution in [-0.4, -0.2) is 6.04 Å². The highest BCUT2D eigenvalue weighted by molar-refractivity contribution is 4.93. The molecule has 1 fully saturated rings. The van der Waals surface area contributed by atoms with Gasteiger partial charge in [0.25, 0.3) is 0 Å². The Hall–Kier alpha value is -0.300. The van der Waals surface area contributed by atoms with Crippen molar-refractivity contribution in [1.82, 2.24) is 0 Å². The second-order valence-corrected chi connectivity index (χ2v) is 4.35. The summed E-state index contributed by atoms with van der Waals surface area (Å²) in [7, 11) is 0.